The van der Waals surface area contributed by atoms with Crippen molar-refractivity contribution in [1.82, 2.24) is 20.6 Å². The lowest BCUT2D eigenvalue weighted by Crippen LogP contribution is -2.45. The van der Waals surface area contributed by atoms with Gasteiger partial charge in [0.05, 0.1) is 10.9 Å². The van der Waals surface area contributed by atoms with Gasteiger partial charge >= 0.3 is 0 Å². The fourth-order valence-corrected chi connectivity index (χ4v) is 2.29. The molecular weight excluding hydrogens is 276 g/mol. The molecule has 0 radical (unpaired) electrons. The van der Waals surface area contributed by atoms with Crippen LogP contribution in [-0.4, -0.2) is 27.8 Å². The van der Waals surface area contributed by atoms with Gasteiger partial charge in [-0.05, 0) is 25.3 Å². The molecule has 2 heterocycles. The first-order chi connectivity index (χ1) is 9.58. The number of hydrogen-bond acceptors (Lipinski definition) is 4. The van der Waals surface area contributed by atoms with Crippen LogP contribution in [0.1, 0.15) is 35.4 Å². The van der Waals surface area contributed by atoms with Crippen molar-refractivity contribution in [1.29, 1.82) is 0 Å². The number of aromatic amines is 1. The maximum Gasteiger partial charge on any atom is 0.261 e. The standard InChI is InChI=1S/C13H16N4O2S/c1-8(11-14-5-6-15-11)16-12(18)9(2)17-13(19)10-4-3-7-20-10/h3-9H,1-2H3,(H,14,15)(H,16,18)(H,17,19). The van der Waals surface area contributed by atoms with E-state index in [2.05, 4.69) is 20.6 Å². The van der Waals surface area contributed by atoms with Crippen molar-refractivity contribution in [3.63, 3.8) is 0 Å². The van der Waals surface area contributed by atoms with E-state index in [1.54, 1.807) is 31.5 Å². The predicted octanol–water partition coefficient (Wildman–Crippen LogP) is 1.47. The van der Waals surface area contributed by atoms with Crippen LogP contribution in [0.4, 0.5) is 0 Å². The van der Waals surface area contributed by atoms with E-state index in [9.17, 15) is 9.59 Å². The molecular formula is C13H16N4O2S. The summed E-state index contributed by atoms with van der Waals surface area (Å²) >= 11 is 1.34. The lowest BCUT2D eigenvalue weighted by Gasteiger charge is -2.17. The summed E-state index contributed by atoms with van der Waals surface area (Å²) in [5.41, 5.74) is 0. The molecule has 0 saturated heterocycles. The van der Waals surface area contributed by atoms with Gasteiger partial charge in [-0.1, -0.05) is 6.07 Å². The van der Waals surface area contributed by atoms with Gasteiger partial charge in [0.15, 0.2) is 0 Å². The first kappa shape index (κ1) is 14.3. The van der Waals surface area contributed by atoms with E-state index in [4.69, 9.17) is 0 Å². The fourth-order valence-electron chi connectivity index (χ4n) is 1.66. The van der Waals surface area contributed by atoms with E-state index in [0.717, 1.165) is 0 Å². The molecule has 0 aliphatic rings. The number of nitrogens with one attached hydrogen (secondary N) is 3. The van der Waals surface area contributed by atoms with Gasteiger partial charge in [0, 0.05) is 12.4 Å². The summed E-state index contributed by atoms with van der Waals surface area (Å²) in [4.78, 5) is 31.4. The summed E-state index contributed by atoms with van der Waals surface area (Å²) in [6.45, 7) is 3.47. The molecule has 0 aliphatic heterocycles. The van der Waals surface area contributed by atoms with Crippen LogP contribution in [0.15, 0.2) is 29.9 Å². The van der Waals surface area contributed by atoms with Crippen LogP contribution >= 0.6 is 11.3 Å². The number of imidazole rings is 1. The van der Waals surface area contributed by atoms with Crippen LogP contribution in [0, 0.1) is 0 Å². The molecule has 2 unspecified atom stereocenters. The number of hydrogen-bond donors (Lipinski definition) is 3. The normalized spacial score (nSPS) is 13.5. The molecule has 2 amide bonds. The summed E-state index contributed by atoms with van der Waals surface area (Å²) in [5, 5.41) is 7.27. The van der Waals surface area contributed by atoms with Gasteiger partial charge in [-0.25, -0.2) is 4.98 Å². The van der Waals surface area contributed by atoms with Crippen molar-refractivity contribution < 1.29 is 9.59 Å². The Hall–Kier alpha value is -2.15. The number of rotatable bonds is 5. The molecule has 0 aromatic carbocycles. The molecule has 3 N–H and O–H groups in total. The molecule has 2 atom stereocenters. The molecule has 0 aliphatic carbocycles. The highest BCUT2D eigenvalue weighted by Gasteiger charge is 2.19. The third kappa shape index (κ3) is 3.45. The van der Waals surface area contributed by atoms with Crippen LogP contribution in [0.2, 0.25) is 0 Å². The van der Waals surface area contributed by atoms with E-state index in [1.807, 2.05) is 12.3 Å². The van der Waals surface area contributed by atoms with Gasteiger partial charge < -0.3 is 15.6 Å². The Labute approximate surface area is 120 Å². The summed E-state index contributed by atoms with van der Waals surface area (Å²) in [7, 11) is 0. The first-order valence-corrected chi connectivity index (χ1v) is 7.10. The number of thiophene rings is 1. The van der Waals surface area contributed by atoms with Crippen LogP contribution < -0.4 is 10.6 Å². The molecule has 106 valence electrons. The monoisotopic (exact) mass is 292 g/mol. The maximum atomic E-state index is 12.0. The molecule has 0 spiro atoms. The van der Waals surface area contributed by atoms with Gasteiger partial charge in [-0.15, -0.1) is 11.3 Å². The summed E-state index contributed by atoms with van der Waals surface area (Å²) in [5.74, 6) is 0.183. The Balaban J connectivity index is 1.87. The van der Waals surface area contributed by atoms with Gasteiger partial charge in [0.1, 0.15) is 11.9 Å². The van der Waals surface area contributed by atoms with E-state index in [0.29, 0.717) is 10.7 Å². The highest BCUT2D eigenvalue weighted by atomic mass is 32.1. The number of amides is 2. The Morgan fingerprint density at radius 2 is 2.15 bits per heavy atom. The predicted molar refractivity (Wildman–Crippen MR) is 76.4 cm³/mol. The highest BCUT2D eigenvalue weighted by Crippen LogP contribution is 2.09. The lowest BCUT2D eigenvalue weighted by atomic mass is 10.2. The Bertz CT molecular complexity index is 565. The maximum absolute atomic E-state index is 12.0. The quantitative estimate of drug-likeness (QED) is 0.780. The lowest BCUT2D eigenvalue weighted by molar-refractivity contribution is -0.123. The third-order valence-electron chi connectivity index (χ3n) is 2.77. The van der Waals surface area contributed by atoms with Gasteiger partial charge in [0.25, 0.3) is 5.91 Å². The van der Waals surface area contributed by atoms with Crippen molar-refractivity contribution in [2.24, 2.45) is 0 Å². The number of carbonyl (C=O) groups excluding carboxylic acids is 2. The molecule has 2 aromatic heterocycles. The Morgan fingerprint density at radius 1 is 1.35 bits per heavy atom. The summed E-state index contributed by atoms with van der Waals surface area (Å²) in [6.07, 6.45) is 3.32. The number of aromatic nitrogens is 2. The second-order valence-corrected chi connectivity index (χ2v) is 5.32. The smallest absolute Gasteiger partial charge is 0.261 e. The molecule has 0 fully saturated rings. The Morgan fingerprint density at radius 3 is 2.75 bits per heavy atom. The fraction of sp³-hybridized carbons (Fsp3) is 0.308. The van der Waals surface area contributed by atoms with Crippen LogP contribution in [0.25, 0.3) is 0 Å². The zero-order valence-corrected chi connectivity index (χ0v) is 12.0. The molecule has 6 nitrogen and oxygen atoms in total. The second kappa shape index (κ2) is 6.33. The minimum atomic E-state index is -0.609. The van der Waals surface area contributed by atoms with Crippen molar-refractivity contribution in [3.05, 3.63) is 40.6 Å². The van der Waals surface area contributed by atoms with Crippen LogP contribution in [-0.2, 0) is 4.79 Å². The van der Waals surface area contributed by atoms with Gasteiger partial charge in [-0.3, -0.25) is 9.59 Å². The van der Waals surface area contributed by atoms with Crippen molar-refractivity contribution in [2.75, 3.05) is 0 Å². The van der Waals surface area contributed by atoms with E-state index >= 15 is 0 Å². The van der Waals surface area contributed by atoms with Crippen molar-refractivity contribution >= 4 is 23.2 Å². The van der Waals surface area contributed by atoms with Gasteiger partial charge in [-0.2, -0.15) is 0 Å². The van der Waals surface area contributed by atoms with Crippen LogP contribution in [0.3, 0.4) is 0 Å². The molecule has 2 rings (SSSR count). The average Bonchev–Trinajstić information content (AvgIpc) is 3.11. The average molecular weight is 292 g/mol. The molecule has 20 heavy (non-hydrogen) atoms. The third-order valence-corrected chi connectivity index (χ3v) is 3.64. The topological polar surface area (TPSA) is 86.9 Å². The second-order valence-electron chi connectivity index (χ2n) is 4.38. The van der Waals surface area contributed by atoms with Gasteiger partial charge in [0.2, 0.25) is 5.91 Å². The molecule has 0 bridgehead atoms. The summed E-state index contributed by atoms with van der Waals surface area (Å²) < 4.78 is 0. The largest absolute Gasteiger partial charge is 0.347 e. The zero-order chi connectivity index (χ0) is 14.5. The molecule has 0 saturated carbocycles. The number of H-pyrrole nitrogens is 1. The van der Waals surface area contributed by atoms with E-state index in [1.165, 1.54) is 11.3 Å². The van der Waals surface area contributed by atoms with Crippen LogP contribution in [0.5, 0.6) is 0 Å². The number of carbonyl (C=O) groups is 2. The summed E-state index contributed by atoms with van der Waals surface area (Å²) in [6, 6.07) is 2.67. The SMILES string of the molecule is CC(NC(=O)c1cccs1)C(=O)NC(C)c1ncc[nH]1. The minimum Gasteiger partial charge on any atom is -0.347 e. The zero-order valence-electron chi connectivity index (χ0n) is 11.2. The molecule has 2 aromatic rings. The van der Waals surface area contributed by atoms with Crippen molar-refractivity contribution in [3.8, 4) is 0 Å². The molecule has 7 heteroatoms. The minimum absolute atomic E-state index is 0.237. The first-order valence-electron chi connectivity index (χ1n) is 6.22. The van der Waals surface area contributed by atoms with E-state index < -0.39 is 6.04 Å². The van der Waals surface area contributed by atoms with E-state index in [-0.39, 0.29) is 17.9 Å². The highest BCUT2D eigenvalue weighted by molar-refractivity contribution is 7.12. The number of nitrogens with zero attached hydrogens (tertiary/aromatic N) is 1. The Kier molecular flexibility index (Phi) is 4.52. The van der Waals surface area contributed by atoms with Crippen molar-refractivity contribution in [2.45, 2.75) is 25.9 Å².